The Morgan fingerprint density at radius 3 is 2.24 bits per heavy atom. The zero-order chi connectivity index (χ0) is 18.8. The van der Waals surface area contributed by atoms with Gasteiger partial charge in [0.15, 0.2) is 0 Å². The summed E-state index contributed by atoms with van der Waals surface area (Å²) in [6.45, 7) is 2.59. The van der Waals surface area contributed by atoms with E-state index < -0.39 is 21.8 Å². The number of carbonyl (C=O) groups is 1. The molecule has 0 saturated heterocycles. The van der Waals surface area contributed by atoms with Crippen LogP contribution in [-0.2, 0) is 27.4 Å². The molecule has 0 heterocycles. The van der Waals surface area contributed by atoms with E-state index in [1.807, 2.05) is 0 Å². The van der Waals surface area contributed by atoms with Crippen LogP contribution in [0.15, 0.2) is 47.4 Å². The van der Waals surface area contributed by atoms with Crippen LogP contribution in [0.25, 0.3) is 0 Å². The molecule has 0 aliphatic heterocycles. The molecule has 1 N–H and O–H groups in total. The van der Waals surface area contributed by atoms with Gasteiger partial charge in [-0.15, -0.1) is 0 Å². The Morgan fingerprint density at radius 2 is 1.72 bits per heavy atom. The van der Waals surface area contributed by atoms with Gasteiger partial charge >= 0.3 is 6.18 Å². The third-order valence-electron chi connectivity index (χ3n) is 3.47. The zero-order valence-electron chi connectivity index (χ0n) is 13.5. The molecule has 0 unspecified atom stereocenters. The molecule has 4 nitrogen and oxygen atoms in total. The summed E-state index contributed by atoms with van der Waals surface area (Å²) in [7, 11) is -3.98. The van der Waals surface area contributed by atoms with E-state index in [0.717, 1.165) is 12.1 Å². The first-order valence-electron chi connectivity index (χ1n) is 7.29. The molecular weight excluding hydrogens is 355 g/mol. The highest BCUT2D eigenvalue weighted by Gasteiger charge is 2.32. The molecule has 134 valence electrons. The number of halogens is 3. The lowest BCUT2D eigenvalue weighted by Crippen LogP contribution is -2.17. The second kappa shape index (κ2) is 6.87. The van der Waals surface area contributed by atoms with Crippen molar-refractivity contribution in [2.45, 2.75) is 31.3 Å². The molecule has 8 heteroatoms. The Labute approximate surface area is 143 Å². The van der Waals surface area contributed by atoms with Crippen molar-refractivity contribution >= 4 is 21.5 Å². The molecule has 2 rings (SSSR count). The Hall–Kier alpha value is -2.35. The normalized spacial score (nSPS) is 12.0. The molecule has 2 aromatic carbocycles. The summed E-state index contributed by atoms with van der Waals surface area (Å²) in [6.07, 6.45) is -4.90. The van der Waals surface area contributed by atoms with Crippen LogP contribution < -0.4 is 4.72 Å². The SMILES string of the molecule is CC(=O)Cc1cc(C(F)(F)F)cc(C)c1NS(=O)(=O)c1ccccc1. The van der Waals surface area contributed by atoms with Crippen molar-refractivity contribution in [1.82, 2.24) is 0 Å². The summed E-state index contributed by atoms with van der Waals surface area (Å²) in [6, 6.07) is 9.10. The first-order valence-corrected chi connectivity index (χ1v) is 8.77. The Morgan fingerprint density at radius 1 is 1.12 bits per heavy atom. The smallest absolute Gasteiger partial charge is 0.300 e. The number of carbonyl (C=O) groups excluding carboxylic acids is 1. The number of sulfonamides is 1. The van der Waals surface area contributed by atoms with Gasteiger partial charge in [0.1, 0.15) is 5.78 Å². The lowest BCUT2D eigenvalue weighted by Gasteiger charge is -2.18. The van der Waals surface area contributed by atoms with Crippen molar-refractivity contribution in [1.29, 1.82) is 0 Å². The predicted molar refractivity (Wildman–Crippen MR) is 87.8 cm³/mol. The molecule has 0 fully saturated rings. The zero-order valence-corrected chi connectivity index (χ0v) is 14.3. The van der Waals surface area contributed by atoms with Crippen molar-refractivity contribution in [3.8, 4) is 0 Å². The lowest BCUT2D eigenvalue weighted by atomic mass is 10.00. The summed E-state index contributed by atoms with van der Waals surface area (Å²) >= 11 is 0. The number of rotatable bonds is 5. The highest BCUT2D eigenvalue weighted by Crippen LogP contribution is 2.35. The molecule has 0 aliphatic rings. The standard InChI is InChI=1S/C17H16F3NO3S/c1-11-8-14(17(18,19)20)10-13(9-12(2)22)16(11)21-25(23,24)15-6-4-3-5-7-15/h3-8,10,21H,9H2,1-2H3. The summed E-state index contributed by atoms with van der Waals surface area (Å²) < 4.78 is 66.2. The molecule has 0 aromatic heterocycles. The highest BCUT2D eigenvalue weighted by atomic mass is 32.2. The molecule has 0 bridgehead atoms. The number of aryl methyl sites for hydroxylation is 1. The van der Waals surface area contributed by atoms with E-state index in [9.17, 15) is 26.4 Å². The number of hydrogen-bond acceptors (Lipinski definition) is 3. The Bertz CT molecular complexity index is 891. The van der Waals surface area contributed by atoms with Crippen LogP contribution in [0.2, 0.25) is 0 Å². The molecule has 25 heavy (non-hydrogen) atoms. The first-order chi connectivity index (χ1) is 11.5. The monoisotopic (exact) mass is 371 g/mol. The van der Waals surface area contributed by atoms with Crippen LogP contribution in [0.1, 0.15) is 23.6 Å². The predicted octanol–water partition coefficient (Wildman–Crippen LogP) is 3.95. The second-order valence-corrected chi connectivity index (χ2v) is 7.30. The fourth-order valence-corrected chi connectivity index (χ4v) is 3.56. The number of hydrogen-bond donors (Lipinski definition) is 1. The van der Waals surface area contributed by atoms with Gasteiger partial charge in [-0.1, -0.05) is 18.2 Å². The maximum absolute atomic E-state index is 13.0. The minimum absolute atomic E-state index is 0.00736. The van der Waals surface area contributed by atoms with Gasteiger partial charge in [-0.05, 0) is 49.2 Å². The second-order valence-electron chi connectivity index (χ2n) is 5.62. The van der Waals surface area contributed by atoms with Gasteiger partial charge in [0, 0.05) is 6.42 Å². The van der Waals surface area contributed by atoms with Crippen LogP contribution in [0.3, 0.4) is 0 Å². The summed E-state index contributed by atoms with van der Waals surface area (Å²) in [5.74, 6) is -0.376. The van der Waals surface area contributed by atoms with Gasteiger partial charge in [-0.3, -0.25) is 9.52 Å². The fourth-order valence-electron chi connectivity index (χ4n) is 2.37. The van der Waals surface area contributed by atoms with E-state index in [1.54, 1.807) is 6.07 Å². The van der Waals surface area contributed by atoms with E-state index in [0.29, 0.717) is 0 Å². The van der Waals surface area contributed by atoms with Gasteiger partial charge in [-0.25, -0.2) is 8.42 Å². The minimum Gasteiger partial charge on any atom is -0.300 e. The third kappa shape index (κ3) is 4.60. The van der Waals surface area contributed by atoms with Gasteiger partial charge in [0.05, 0.1) is 16.1 Å². The van der Waals surface area contributed by atoms with Gasteiger partial charge in [0.2, 0.25) is 0 Å². The first kappa shape index (κ1) is 19.0. The minimum atomic E-state index is -4.59. The van der Waals surface area contributed by atoms with Crippen molar-refractivity contribution in [2.75, 3.05) is 4.72 Å². The fraction of sp³-hybridized carbons (Fsp3) is 0.235. The van der Waals surface area contributed by atoms with Crippen molar-refractivity contribution < 1.29 is 26.4 Å². The van der Waals surface area contributed by atoms with Crippen LogP contribution in [0, 0.1) is 6.92 Å². The quantitative estimate of drug-likeness (QED) is 0.866. The van der Waals surface area contributed by atoms with Gasteiger partial charge < -0.3 is 0 Å². The maximum Gasteiger partial charge on any atom is 0.416 e. The van der Waals surface area contributed by atoms with Crippen molar-refractivity contribution in [2.24, 2.45) is 0 Å². The molecule has 0 amide bonds. The molecule has 0 aliphatic carbocycles. The largest absolute Gasteiger partial charge is 0.416 e. The molecule has 2 aromatic rings. The molecule has 0 radical (unpaired) electrons. The summed E-state index contributed by atoms with van der Waals surface area (Å²) in [5, 5.41) is 0. The number of benzene rings is 2. The van der Waals surface area contributed by atoms with Gasteiger partial charge in [0.25, 0.3) is 10.0 Å². The maximum atomic E-state index is 13.0. The van der Waals surface area contributed by atoms with Crippen LogP contribution in [-0.4, -0.2) is 14.2 Å². The third-order valence-corrected chi connectivity index (χ3v) is 4.84. The van der Waals surface area contributed by atoms with Gasteiger partial charge in [-0.2, -0.15) is 13.2 Å². The van der Waals surface area contributed by atoms with Crippen molar-refractivity contribution in [3.05, 3.63) is 59.2 Å². The van der Waals surface area contributed by atoms with E-state index in [4.69, 9.17) is 0 Å². The topological polar surface area (TPSA) is 63.2 Å². The summed E-state index contributed by atoms with van der Waals surface area (Å²) in [4.78, 5) is 11.4. The number of nitrogens with one attached hydrogen (secondary N) is 1. The lowest BCUT2D eigenvalue weighted by molar-refractivity contribution is -0.137. The average molecular weight is 371 g/mol. The molecule has 0 saturated carbocycles. The number of ketones is 1. The Kier molecular flexibility index (Phi) is 5.22. The highest BCUT2D eigenvalue weighted by molar-refractivity contribution is 7.92. The van der Waals surface area contributed by atoms with Crippen LogP contribution in [0.5, 0.6) is 0 Å². The molecule has 0 spiro atoms. The number of alkyl halides is 3. The number of Topliss-reactive ketones (excluding diaryl/α,β-unsaturated/α-hetero) is 1. The average Bonchev–Trinajstić information content (AvgIpc) is 2.50. The molecular formula is C17H16F3NO3S. The summed E-state index contributed by atoms with van der Waals surface area (Å²) in [5.41, 5.74) is -0.860. The van der Waals surface area contributed by atoms with E-state index in [-0.39, 0.29) is 33.9 Å². The Balaban J connectivity index is 2.55. The molecule has 0 atom stereocenters. The number of anilines is 1. The van der Waals surface area contributed by atoms with Crippen LogP contribution >= 0.6 is 0 Å². The van der Waals surface area contributed by atoms with E-state index >= 15 is 0 Å². The van der Waals surface area contributed by atoms with E-state index in [2.05, 4.69) is 4.72 Å². The van der Waals surface area contributed by atoms with Crippen LogP contribution in [0.4, 0.5) is 18.9 Å². The van der Waals surface area contributed by atoms with E-state index in [1.165, 1.54) is 38.1 Å². The van der Waals surface area contributed by atoms with Crippen molar-refractivity contribution in [3.63, 3.8) is 0 Å².